The number of ether oxygens (including phenoxy) is 1. The van der Waals surface area contributed by atoms with Gasteiger partial charge in [0, 0.05) is 22.8 Å². The number of benzene rings is 2. The summed E-state index contributed by atoms with van der Waals surface area (Å²) >= 11 is 0. The third-order valence-electron chi connectivity index (χ3n) is 3.24. The number of allylic oxidation sites excluding steroid dienone is 1. The van der Waals surface area contributed by atoms with Gasteiger partial charge in [-0.25, -0.2) is 0 Å². The highest BCUT2D eigenvalue weighted by Crippen LogP contribution is 2.21. The highest BCUT2D eigenvalue weighted by Gasteiger charge is 2.13. The Hall–Kier alpha value is -2.95. The zero-order valence-electron chi connectivity index (χ0n) is 12.3. The SMILES string of the molecule is COc1ccccc1/C=C/C(=O)c1ccc(C)c([N+](=O)[O-])c1. The second kappa shape index (κ2) is 6.67. The lowest BCUT2D eigenvalue weighted by Crippen LogP contribution is -1.98. The Morgan fingerprint density at radius 1 is 1.23 bits per heavy atom. The van der Waals surface area contributed by atoms with Crippen LogP contribution in [0, 0.1) is 17.0 Å². The lowest BCUT2D eigenvalue weighted by molar-refractivity contribution is -0.385. The average molecular weight is 297 g/mol. The molecule has 0 fully saturated rings. The maximum Gasteiger partial charge on any atom is 0.273 e. The van der Waals surface area contributed by atoms with Crippen LogP contribution in [0.4, 0.5) is 5.69 Å². The van der Waals surface area contributed by atoms with Crippen LogP contribution >= 0.6 is 0 Å². The van der Waals surface area contributed by atoms with Crippen LogP contribution in [0.2, 0.25) is 0 Å². The zero-order valence-corrected chi connectivity index (χ0v) is 12.3. The predicted molar refractivity (Wildman–Crippen MR) is 84.2 cm³/mol. The summed E-state index contributed by atoms with van der Waals surface area (Å²) in [5.74, 6) is 0.357. The molecule has 0 aliphatic heterocycles. The number of para-hydroxylation sites is 1. The molecule has 2 aromatic carbocycles. The molecule has 22 heavy (non-hydrogen) atoms. The number of aryl methyl sites for hydroxylation is 1. The molecule has 112 valence electrons. The van der Waals surface area contributed by atoms with Gasteiger partial charge in [-0.2, -0.15) is 0 Å². The molecule has 0 radical (unpaired) electrons. The van der Waals surface area contributed by atoms with E-state index in [1.54, 1.807) is 38.3 Å². The summed E-state index contributed by atoms with van der Waals surface area (Å²) in [7, 11) is 1.55. The number of methoxy groups -OCH3 is 1. The highest BCUT2D eigenvalue weighted by atomic mass is 16.6. The molecular formula is C17H15NO4. The topological polar surface area (TPSA) is 69.4 Å². The number of hydrogen-bond donors (Lipinski definition) is 0. The second-order valence-electron chi connectivity index (χ2n) is 4.70. The molecule has 0 aliphatic rings. The van der Waals surface area contributed by atoms with Gasteiger partial charge in [0.15, 0.2) is 5.78 Å². The number of rotatable bonds is 5. The van der Waals surface area contributed by atoms with E-state index in [2.05, 4.69) is 0 Å². The zero-order chi connectivity index (χ0) is 16.1. The number of ketones is 1. The molecule has 5 nitrogen and oxygen atoms in total. The first-order valence-electron chi connectivity index (χ1n) is 6.63. The Kier molecular flexibility index (Phi) is 4.68. The molecule has 5 heteroatoms. The molecule has 0 heterocycles. The van der Waals surface area contributed by atoms with Crippen molar-refractivity contribution < 1.29 is 14.5 Å². The van der Waals surface area contributed by atoms with Gasteiger partial charge in [-0.1, -0.05) is 30.3 Å². The largest absolute Gasteiger partial charge is 0.496 e. The fraction of sp³-hybridized carbons (Fsp3) is 0.118. The molecule has 0 aliphatic carbocycles. The van der Waals surface area contributed by atoms with Crippen LogP contribution in [0.1, 0.15) is 21.5 Å². The summed E-state index contributed by atoms with van der Waals surface area (Å²) in [6, 6.07) is 11.7. The number of nitro benzene ring substituents is 1. The maximum absolute atomic E-state index is 12.2. The van der Waals surface area contributed by atoms with Gasteiger partial charge in [-0.3, -0.25) is 14.9 Å². The molecule has 0 N–H and O–H groups in total. The van der Waals surface area contributed by atoms with Crippen molar-refractivity contribution in [3.8, 4) is 5.75 Å². The van der Waals surface area contributed by atoms with Crippen molar-refractivity contribution in [2.75, 3.05) is 7.11 Å². The molecule has 0 unspecified atom stereocenters. The van der Waals surface area contributed by atoms with E-state index in [1.807, 2.05) is 18.2 Å². The Morgan fingerprint density at radius 3 is 2.64 bits per heavy atom. The predicted octanol–water partition coefficient (Wildman–Crippen LogP) is 3.81. The number of nitro groups is 1. The minimum atomic E-state index is -0.490. The van der Waals surface area contributed by atoms with Crippen LogP contribution in [0.15, 0.2) is 48.5 Å². The van der Waals surface area contributed by atoms with Crippen molar-refractivity contribution in [1.29, 1.82) is 0 Å². The third-order valence-corrected chi connectivity index (χ3v) is 3.24. The number of carbonyl (C=O) groups is 1. The summed E-state index contributed by atoms with van der Waals surface area (Å²) in [5, 5.41) is 10.9. The lowest BCUT2D eigenvalue weighted by atomic mass is 10.1. The summed E-state index contributed by atoms with van der Waals surface area (Å²) in [6.45, 7) is 1.64. The molecule has 2 aromatic rings. The van der Waals surface area contributed by atoms with Gasteiger partial charge in [0.25, 0.3) is 5.69 Å². The van der Waals surface area contributed by atoms with Gasteiger partial charge in [0.05, 0.1) is 12.0 Å². The number of hydrogen-bond acceptors (Lipinski definition) is 4. The Bertz CT molecular complexity index is 750. The Labute approximate surface area is 128 Å². The molecule has 2 rings (SSSR count). The van der Waals surface area contributed by atoms with E-state index < -0.39 is 4.92 Å². The first kappa shape index (κ1) is 15.4. The number of nitrogens with zero attached hydrogens (tertiary/aromatic N) is 1. The van der Waals surface area contributed by atoms with E-state index in [0.29, 0.717) is 11.3 Å². The lowest BCUT2D eigenvalue weighted by Gasteiger charge is -2.03. The maximum atomic E-state index is 12.2. The molecule has 0 atom stereocenters. The fourth-order valence-corrected chi connectivity index (χ4v) is 2.03. The van der Waals surface area contributed by atoms with Crippen LogP contribution in [0.5, 0.6) is 5.75 Å². The van der Waals surface area contributed by atoms with Crippen molar-refractivity contribution in [2.45, 2.75) is 6.92 Å². The van der Waals surface area contributed by atoms with Crippen LogP contribution in [0.25, 0.3) is 6.08 Å². The van der Waals surface area contributed by atoms with E-state index in [1.165, 1.54) is 12.1 Å². The molecular weight excluding hydrogens is 282 g/mol. The van der Waals surface area contributed by atoms with Crippen LogP contribution in [-0.4, -0.2) is 17.8 Å². The van der Waals surface area contributed by atoms with Gasteiger partial charge in [0.1, 0.15) is 5.75 Å². The number of carbonyl (C=O) groups excluding carboxylic acids is 1. The molecule has 0 saturated heterocycles. The Balaban J connectivity index is 2.27. The average Bonchev–Trinajstić information content (AvgIpc) is 2.53. The molecule has 0 amide bonds. The second-order valence-corrected chi connectivity index (χ2v) is 4.70. The van der Waals surface area contributed by atoms with Gasteiger partial charge in [-0.05, 0) is 25.1 Å². The van der Waals surface area contributed by atoms with Gasteiger partial charge in [-0.15, -0.1) is 0 Å². The van der Waals surface area contributed by atoms with E-state index in [-0.39, 0.29) is 17.0 Å². The van der Waals surface area contributed by atoms with Crippen LogP contribution < -0.4 is 4.74 Å². The van der Waals surface area contributed by atoms with E-state index >= 15 is 0 Å². The summed E-state index contributed by atoms with van der Waals surface area (Å²) < 4.78 is 5.20. The van der Waals surface area contributed by atoms with E-state index in [9.17, 15) is 14.9 Å². The van der Waals surface area contributed by atoms with Crippen molar-refractivity contribution in [1.82, 2.24) is 0 Å². The summed E-state index contributed by atoms with van der Waals surface area (Å²) in [5.41, 5.74) is 1.51. The first-order valence-corrected chi connectivity index (χ1v) is 6.63. The van der Waals surface area contributed by atoms with Gasteiger partial charge in [0.2, 0.25) is 0 Å². The van der Waals surface area contributed by atoms with Crippen LogP contribution in [0.3, 0.4) is 0 Å². The molecule has 0 saturated carbocycles. The first-order chi connectivity index (χ1) is 10.5. The molecule has 0 aromatic heterocycles. The summed E-state index contributed by atoms with van der Waals surface area (Å²) in [4.78, 5) is 22.6. The van der Waals surface area contributed by atoms with Crippen molar-refractivity contribution in [3.63, 3.8) is 0 Å². The smallest absolute Gasteiger partial charge is 0.273 e. The normalized spacial score (nSPS) is 10.6. The van der Waals surface area contributed by atoms with Crippen LogP contribution in [-0.2, 0) is 0 Å². The summed E-state index contributed by atoms with van der Waals surface area (Å²) in [6.07, 6.45) is 3.01. The van der Waals surface area contributed by atoms with Crippen molar-refractivity contribution in [2.24, 2.45) is 0 Å². The Morgan fingerprint density at radius 2 is 1.95 bits per heavy atom. The quantitative estimate of drug-likeness (QED) is 0.364. The molecule has 0 bridgehead atoms. The monoisotopic (exact) mass is 297 g/mol. The van der Waals surface area contributed by atoms with Gasteiger partial charge < -0.3 is 4.74 Å². The molecule has 0 spiro atoms. The van der Waals surface area contributed by atoms with E-state index in [0.717, 1.165) is 5.56 Å². The fourth-order valence-electron chi connectivity index (χ4n) is 2.03. The highest BCUT2D eigenvalue weighted by molar-refractivity contribution is 6.07. The third kappa shape index (κ3) is 3.38. The van der Waals surface area contributed by atoms with Crippen molar-refractivity contribution >= 4 is 17.5 Å². The standard InChI is InChI=1S/C17H15NO4/c1-12-7-8-14(11-15(12)18(20)21)16(19)10-9-13-5-3-4-6-17(13)22-2/h3-11H,1-2H3/b10-9+. The van der Waals surface area contributed by atoms with Gasteiger partial charge >= 0.3 is 0 Å². The minimum Gasteiger partial charge on any atom is -0.496 e. The van der Waals surface area contributed by atoms with E-state index in [4.69, 9.17) is 4.74 Å². The minimum absolute atomic E-state index is 0.0588. The van der Waals surface area contributed by atoms with Crippen molar-refractivity contribution in [3.05, 3.63) is 75.3 Å².